The van der Waals surface area contributed by atoms with E-state index in [1.165, 1.54) is 6.42 Å². The zero-order valence-electron chi connectivity index (χ0n) is 25.4. The van der Waals surface area contributed by atoms with Gasteiger partial charge in [-0.1, -0.05) is 31.8 Å². The van der Waals surface area contributed by atoms with Crippen molar-refractivity contribution in [1.82, 2.24) is 5.32 Å². The van der Waals surface area contributed by atoms with Gasteiger partial charge >= 0.3 is 0 Å². The number of nitrogens with one attached hydrogen (secondary N) is 1. The summed E-state index contributed by atoms with van der Waals surface area (Å²) in [6, 6.07) is 0. The number of Topliss-reactive ketones (excluding diaryl/α,β-unsaturated/α-hetero) is 2. The number of aliphatic hydroxyl groups is 5. The number of hydrogen-bond donors (Lipinski definition) is 7. The summed E-state index contributed by atoms with van der Waals surface area (Å²) in [5.74, 6) is -2.97. The van der Waals surface area contributed by atoms with E-state index in [2.05, 4.69) is 5.32 Å². The monoisotopic (exact) mass is 618 g/mol. The van der Waals surface area contributed by atoms with E-state index in [4.69, 9.17) is 15.2 Å². The summed E-state index contributed by atoms with van der Waals surface area (Å²) in [6.07, 6.45) is 5.90. The lowest BCUT2D eigenvalue weighted by Crippen LogP contribution is -2.68. The molecule has 2 heterocycles. The van der Waals surface area contributed by atoms with E-state index in [1.54, 1.807) is 6.08 Å². The lowest BCUT2D eigenvalue weighted by atomic mass is 9.58. The largest absolute Gasteiger partial charge is 0.512 e. The Morgan fingerprint density at radius 2 is 1.80 bits per heavy atom. The normalized spacial score (nSPS) is 45.2. The lowest BCUT2D eigenvalue weighted by molar-refractivity contribution is -0.346. The van der Waals surface area contributed by atoms with Crippen LogP contribution in [0, 0.1) is 35.5 Å². The van der Waals surface area contributed by atoms with Gasteiger partial charge in [0.2, 0.25) is 0 Å². The van der Waals surface area contributed by atoms with Crippen LogP contribution in [0.25, 0.3) is 0 Å². The molecule has 246 valence electrons. The molecule has 0 aromatic rings. The van der Waals surface area contributed by atoms with Crippen molar-refractivity contribution in [3.63, 3.8) is 0 Å². The fourth-order valence-corrected chi connectivity index (χ4v) is 9.02. The van der Waals surface area contributed by atoms with Gasteiger partial charge in [0.25, 0.3) is 0 Å². The fraction of sp³-hybridized carbons (Fsp3) is 0.818. The number of nitrogens with two attached hydrogens (primary N) is 1. The van der Waals surface area contributed by atoms with Crippen LogP contribution in [0.3, 0.4) is 0 Å². The second kappa shape index (κ2) is 13.2. The van der Waals surface area contributed by atoms with Crippen molar-refractivity contribution in [2.45, 2.75) is 120 Å². The van der Waals surface area contributed by atoms with Crippen LogP contribution in [0.4, 0.5) is 0 Å². The first-order valence-electron chi connectivity index (χ1n) is 16.8. The van der Waals surface area contributed by atoms with Crippen LogP contribution in [0.5, 0.6) is 0 Å². The molecule has 0 bridgehead atoms. The lowest BCUT2D eigenvalue weighted by Gasteiger charge is -2.51. The van der Waals surface area contributed by atoms with Gasteiger partial charge in [-0.3, -0.25) is 9.59 Å². The Balaban J connectivity index is 1.19. The highest BCUT2D eigenvalue weighted by atomic mass is 16.7. The van der Waals surface area contributed by atoms with E-state index < -0.39 is 66.6 Å². The molecule has 5 fully saturated rings. The molecule has 44 heavy (non-hydrogen) atoms. The number of ketones is 2. The standard InChI is InChI=1S/C33H50N2O9/c34-25-13-17(10-12-35-25)9-11-33(42)30(40)24(16-36)44-32(31(33)41)43-23-8-4-7-20-27(23)29(39)26-21(28(20)38)14-19(15-22(26)37)18-5-2-1-3-6-18/h14-15,17-18,20-21,23-27,30-32,35-37,40-42H,1-13,16,34H2/t17?,20?,21-,23?,24+,25?,26+,27?,30+,31-,32-,33-/m0/s1. The molecule has 6 aliphatic rings. The predicted molar refractivity (Wildman–Crippen MR) is 159 cm³/mol. The summed E-state index contributed by atoms with van der Waals surface area (Å²) in [4.78, 5) is 28.0. The van der Waals surface area contributed by atoms with E-state index in [-0.39, 0.29) is 35.8 Å². The second-order valence-corrected chi connectivity index (χ2v) is 14.2. The molecule has 8 N–H and O–H groups in total. The van der Waals surface area contributed by atoms with Gasteiger partial charge in [0.15, 0.2) is 12.1 Å². The first-order valence-corrected chi connectivity index (χ1v) is 16.8. The summed E-state index contributed by atoms with van der Waals surface area (Å²) in [5.41, 5.74) is 4.97. The maximum atomic E-state index is 14.1. The average molecular weight is 619 g/mol. The zero-order chi connectivity index (χ0) is 31.2. The number of piperidine rings is 1. The van der Waals surface area contributed by atoms with Crippen molar-refractivity contribution >= 4 is 11.6 Å². The summed E-state index contributed by atoms with van der Waals surface area (Å²) in [7, 11) is 0. The minimum atomic E-state index is -2.03. The van der Waals surface area contributed by atoms with Gasteiger partial charge in [-0.15, -0.1) is 0 Å². The molecule has 2 aliphatic heterocycles. The summed E-state index contributed by atoms with van der Waals surface area (Å²) in [5, 5.41) is 58.3. The van der Waals surface area contributed by atoms with E-state index in [1.807, 2.05) is 6.08 Å². The van der Waals surface area contributed by atoms with Gasteiger partial charge < -0.3 is 46.1 Å². The topological polar surface area (TPSA) is 192 Å². The summed E-state index contributed by atoms with van der Waals surface area (Å²) < 4.78 is 12.1. The van der Waals surface area contributed by atoms with Crippen molar-refractivity contribution < 1.29 is 44.6 Å². The Labute approximate surface area is 258 Å². The molecule has 0 radical (unpaired) electrons. The molecular formula is C33H50N2O9. The third kappa shape index (κ3) is 5.95. The van der Waals surface area contributed by atoms with Gasteiger partial charge in [0.05, 0.1) is 36.6 Å². The quantitative estimate of drug-likeness (QED) is 0.218. The van der Waals surface area contributed by atoms with Gasteiger partial charge in [-0.2, -0.15) is 0 Å². The highest BCUT2D eigenvalue weighted by Crippen LogP contribution is 2.48. The van der Waals surface area contributed by atoms with Crippen molar-refractivity contribution in [2.24, 2.45) is 41.2 Å². The third-order valence-electron chi connectivity index (χ3n) is 11.5. The predicted octanol–water partition coefficient (Wildman–Crippen LogP) is 1.37. The number of aliphatic hydroxyl groups excluding tert-OH is 4. The summed E-state index contributed by atoms with van der Waals surface area (Å²) >= 11 is 0. The number of allylic oxidation sites excluding steroid dienone is 4. The fourth-order valence-electron chi connectivity index (χ4n) is 9.02. The molecule has 0 spiro atoms. The highest BCUT2D eigenvalue weighted by molar-refractivity contribution is 6.02. The number of carbonyl (C=O) groups is 2. The van der Waals surface area contributed by atoms with E-state index in [0.29, 0.717) is 38.0 Å². The minimum absolute atomic E-state index is 0.0403. The molecule has 4 aliphatic carbocycles. The van der Waals surface area contributed by atoms with Crippen LogP contribution in [0.1, 0.15) is 77.0 Å². The molecule has 11 heteroatoms. The maximum Gasteiger partial charge on any atom is 0.187 e. The van der Waals surface area contributed by atoms with Crippen molar-refractivity contribution in [3.8, 4) is 0 Å². The SMILES string of the molecule is NC1CC(CC[C@]2(O)[C@H](O)[C@@H](CO)O[C@H](OC3CCCC4C(=O)[C@H]5C=C(C6CCCCC6)C=C(O)[C@@H]5C(=O)C34)[C@@H]2O)CCN1. The summed E-state index contributed by atoms with van der Waals surface area (Å²) in [6.45, 7) is 0.130. The van der Waals surface area contributed by atoms with Gasteiger partial charge in [-0.05, 0) is 81.4 Å². The van der Waals surface area contributed by atoms with Crippen LogP contribution in [-0.2, 0) is 19.1 Å². The molecule has 2 saturated heterocycles. The van der Waals surface area contributed by atoms with Crippen LogP contribution in [0.2, 0.25) is 0 Å². The molecular weight excluding hydrogens is 568 g/mol. The minimum Gasteiger partial charge on any atom is -0.512 e. The zero-order valence-corrected chi connectivity index (χ0v) is 25.4. The number of fused-ring (bicyclic) bond motifs is 2. The molecule has 0 aromatic carbocycles. The van der Waals surface area contributed by atoms with E-state index in [9.17, 15) is 35.1 Å². The number of carbonyl (C=O) groups excluding carboxylic acids is 2. The van der Waals surface area contributed by atoms with Crippen LogP contribution in [-0.4, -0.2) is 92.7 Å². The van der Waals surface area contributed by atoms with Crippen LogP contribution >= 0.6 is 0 Å². The van der Waals surface area contributed by atoms with Crippen molar-refractivity contribution in [1.29, 1.82) is 0 Å². The first kappa shape index (κ1) is 32.2. The Kier molecular flexibility index (Phi) is 9.67. The Morgan fingerprint density at radius 1 is 1.02 bits per heavy atom. The Bertz CT molecular complexity index is 1140. The van der Waals surface area contributed by atoms with Crippen molar-refractivity contribution in [2.75, 3.05) is 13.2 Å². The molecule has 3 saturated carbocycles. The van der Waals surface area contributed by atoms with Gasteiger partial charge in [0, 0.05) is 5.92 Å². The molecule has 12 atom stereocenters. The number of hydrogen-bond acceptors (Lipinski definition) is 11. The second-order valence-electron chi connectivity index (χ2n) is 14.2. The smallest absolute Gasteiger partial charge is 0.187 e. The molecule has 0 aromatic heterocycles. The molecule has 6 rings (SSSR count). The number of ether oxygens (including phenoxy) is 2. The van der Waals surface area contributed by atoms with Crippen molar-refractivity contribution in [3.05, 3.63) is 23.5 Å². The van der Waals surface area contributed by atoms with Crippen LogP contribution in [0.15, 0.2) is 23.5 Å². The maximum absolute atomic E-state index is 14.1. The number of rotatable bonds is 7. The third-order valence-corrected chi connectivity index (χ3v) is 11.5. The highest BCUT2D eigenvalue weighted by Gasteiger charge is 2.59. The van der Waals surface area contributed by atoms with Gasteiger partial charge in [0.1, 0.15) is 35.5 Å². The van der Waals surface area contributed by atoms with Gasteiger partial charge in [-0.25, -0.2) is 0 Å². The Morgan fingerprint density at radius 3 is 2.52 bits per heavy atom. The Hall–Kier alpha value is -1.70. The van der Waals surface area contributed by atoms with E-state index >= 15 is 0 Å². The molecule has 5 unspecified atom stereocenters. The average Bonchev–Trinajstić information content (AvgIpc) is 3.03. The molecule has 11 nitrogen and oxygen atoms in total. The van der Waals surface area contributed by atoms with Crippen LogP contribution < -0.4 is 11.1 Å². The first-order chi connectivity index (χ1) is 21.1. The van der Waals surface area contributed by atoms with E-state index in [0.717, 1.165) is 44.2 Å². The molecule has 0 amide bonds.